The van der Waals surface area contributed by atoms with E-state index in [1.807, 2.05) is 7.05 Å². The fourth-order valence-electron chi connectivity index (χ4n) is 2.47. The summed E-state index contributed by atoms with van der Waals surface area (Å²) in [6.45, 7) is 4.22. The summed E-state index contributed by atoms with van der Waals surface area (Å²) in [6.07, 6.45) is 0.796. The summed E-state index contributed by atoms with van der Waals surface area (Å²) >= 11 is 1.77. The molecule has 0 aliphatic carbocycles. The molecule has 7 heteroatoms. The number of methoxy groups -OCH3 is 1. The van der Waals surface area contributed by atoms with E-state index in [9.17, 15) is 4.39 Å². The number of hydrogen-bond acceptors (Lipinski definition) is 3. The Hall–Kier alpha value is -1.19. The van der Waals surface area contributed by atoms with E-state index in [1.165, 1.54) is 17.0 Å². The molecule has 0 fully saturated rings. The zero-order valence-electron chi connectivity index (χ0n) is 15.4. The van der Waals surface area contributed by atoms with Gasteiger partial charge in [0.2, 0.25) is 0 Å². The van der Waals surface area contributed by atoms with Crippen LogP contribution in [0, 0.1) is 5.82 Å². The van der Waals surface area contributed by atoms with Gasteiger partial charge in [0.25, 0.3) is 0 Å². The lowest BCUT2D eigenvalue weighted by molar-refractivity contribution is 0.110. The van der Waals surface area contributed by atoms with Gasteiger partial charge in [-0.05, 0) is 42.5 Å². The van der Waals surface area contributed by atoms with Crippen LogP contribution < -0.4 is 5.32 Å². The van der Waals surface area contributed by atoms with E-state index in [4.69, 9.17) is 9.73 Å². The summed E-state index contributed by atoms with van der Waals surface area (Å²) in [7, 11) is 3.69. The molecule has 1 N–H and O–H groups in total. The minimum absolute atomic E-state index is 0. The summed E-state index contributed by atoms with van der Waals surface area (Å²) in [4.78, 5) is 8.19. The van der Waals surface area contributed by atoms with E-state index in [2.05, 4.69) is 34.7 Å². The Bertz CT molecular complexity index is 649. The van der Waals surface area contributed by atoms with Gasteiger partial charge >= 0.3 is 0 Å². The molecule has 1 unspecified atom stereocenters. The van der Waals surface area contributed by atoms with Crippen LogP contribution in [0.5, 0.6) is 0 Å². The smallest absolute Gasteiger partial charge is 0.193 e. The highest BCUT2D eigenvalue weighted by atomic mass is 127. The van der Waals surface area contributed by atoms with E-state index in [0.29, 0.717) is 6.54 Å². The predicted octanol–water partition coefficient (Wildman–Crippen LogP) is 4.33. The summed E-state index contributed by atoms with van der Waals surface area (Å²) in [5, 5.41) is 5.41. The molecule has 1 atom stereocenters. The second-order valence-corrected chi connectivity index (χ2v) is 6.75. The second kappa shape index (κ2) is 12.2. The third-order valence-electron chi connectivity index (χ3n) is 3.90. The summed E-state index contributed by atoms with van der Waals surface area (Å²) in [6, 6.07) is 10.6. The van der Waals surface area contributed by atoms with E-state index in [0.717, 1.165) is 31.0 Å². The van der Waals surface area contributed by atoms with Gasteiger partial charge in [-0.25, -0.2) is 4.39 Å². The van der Waals surface area contributed by atoms with Gasteiger partial charge in [0.15, 0.2) is 5.96 Å². The number of guanidine groups is 1. The number of nitrogens with zero attached hydrogens (tertiary/aromatic N) is 2. The average molecular weight is 491 g/mol. The zero-order valence-corrected chi connectivity index (χ0v) is 18.6. The van der Waals surface area contributed by atoms with E-state index in [1.54, 1.807) is 30.6 Å². The Morgan fingerprint density at radius 3 is 2.62 bits per heavy atom. The van der Waals surface area contributed by atoms with Gasteiger partial charge in [0, 0.05) is 32.1 Å². The van der Waals surface area contributed by atoms with Crippen LogP contribution in [0.4, 0.5) is 4.39 Å². The molecule has 0 aliphatic heterocycles. The molecule has 2 rings (SSSR count). The molecular weight excluding hydrogens is 464 g/mol. The average Bonchev–Trinajstić information content (AvgIpc) is 3.14. The molecule has 144 valence electrons. The van der Waals surface area contributed by atoms with Gasteiger partial charge in [-0.3, -0.25) is 4.99 Å². The molecule has 0 saturated heterocycles. The number of ether oxygens (including phenoxy) is 1. The molecule has 0 bridgehead atoms. The lowest BCUT2D eigenvalue weighted by Crippen LogP contribution is -2.40. The van der Waals surface area contributed by atoms with Crippen molar-refractivity contribution in [1.82, 2.24) is 10.2 Å². The van der Waals surface area contributed by atoms with Crippen molar-refractivity contribution in [2.45, 2.75) is 19.4 Å². The molecule has 0 amide bonds. The van der Waals surface area contributed by atoms with Crippen LogP contribution in [0.2, 0.25) is 0 Å². The number of thiophene rings is 1. The van der Waals surface area contributed by atoms with Crippen molar-refractivity contribution in [2.75, 3.05) is 33.8 Å². The second-order valence-electron chi connectivity index (χ2n) is 5.72. The number of rotatable bonds is 8. The summed E-state index contributed by atoms with van der Waals surface area (Å²) in [5.41, 5.74) is 0.921. The molecule has 1 heterocycles. The molecule has 26 heavy (non-hydrogen) atoms. The van der Waals surface area contributed by atoms with E-state index < -0.39 is 0 Å². The maximum atomic E-state index is 13.1. The molecule has 0 saturated carbocycles. The van der Waals surface area contributed by atoms with Crippen molar-refractivity contribution in [3.63, 3.8) is 0 Å². The Labute approximate surface area is 176 Å². The van der Waals surface area contributed by atoms with Crippen molar-refractivity contribution in [1.29, 1.82) is 0 Å². The SMILES string of the molecule is CCNC(=NCC(OC)c1ccc(F)cc1)N(C)CCc1cccs1.I. The fraction of sp³-hybridized carbons (Fsp3) is 0.421. The van der Waals surface area contributed by atoms with Crippen LogP contribution in [-0.4, -0.2) is 44.7 Å². The van der Waals surface area contributed by atoms with Gasteiger partial charge in [0.1, 0.15) is 11.9 Å². The van der Waals surface area contributed by atoms with Crippen LogP contribution >= 0.6 is 35.3 Å². The van der Waals surface area contributed by atoms with Crippen molar-refractivity contribution in [3.8, 4) is 0 Å². The molecule has 0 spiro atoms. The number of halogens is 2. The fourth-order valence-corrected chi connectivity index (χ4v) is 3.17. The molecule has 0 aliphatic rings. The van der Waals surface area contributed by atoms with Gasteiger partial charge in [-0.1, -0.05) is 18.2 Å². The molecular formula is C19H27FIN3OS. The third kappa shape index (κ3) is 7.20. The third-order valence-corrected chi connectivity index (χ3v) is 4.84. The van der Waals surface area contributed by atoms with Crippen LogP contribution in [0.3, 0.4) is 0 Å². The van der Waals surface area contributed by atoms with E-state index >= 15 is 0 Å². The number of likely N-dealkylation sites (N-methyl/N-ethyl adjacent to an activating group) is 1. The molecule has 1 aromatic heterocycles. The standard InChI is InChI=1S/C19H26FN3OS.HI/c1-4-21-19(23(2)12-11-17-6-5-13-25-17)22-14-18(24-3)15-7-9-16(20)10-8-15;/h5-10,13,18H,4,11-12,14H2,1-3H3,(H,21,22);1H. The van der Waals surface area contributed by atoms with Gasteiger partial charge in [-0.2, -0.15) is 0 Å². The van der Waals surface area contributed by atoms with Crippen molar-refractivity contribution in [3.05, 3.63) is 58.0 Å². The first-order chi connectivity index (χ1) is 12.1. The maximum Gasteiger partial charge on any atom is 0.193 e. The molecule has 1 aromatic carbocycles. The first kappa shape index (κ1) is 22.9. The monoisotopic (exact) mass is 491 g/mol. The van der Waals surface area contributed by atoms with Gasteiger partial charge in [0.05, 0.1) is 6.54 Å². The highest BCUT2D eigenvalue weighted by Crippen LogP contribution is 2.17. The first-order valence-electron chi connectivity index (χ1n) is 8.44. The van der Waals surface area contributed by atoms with E-state index in [-0.39, 0.29) is 35.9 Å². The molecule has 0 radical (unpaired) electrons. The Morgan fingerprint density at radius 1 is 1.31 bits per heavy atom. The Kier molecular flexibility index (Phi) is 10.8. The van der Waals surface area contributed by atoms with Crippen LogP contribution in [0.15, 0.2) is 46.8 Å². The highest BCUT2D eigenvalue weighted by Gasteiger charge is 2.12. The Morgan fingerprint density at radius 2 is 2.04 bits per heavy atom. The lowest BCUT2D eigenvalue weighted by Gasteiger charge is -2.23. The summed E-state index contributed by atoms with van der Waals surface area (Å²) < 4.78 is 18.6. The van der Waals surface area contributed by atoms with Gasteiger partial charge in [-0.15, -0.1) is 35.3 Å². The number of aliphatic imine (C=N–C) groups is 1. The topological polar surface area (TPSA) is 36.9 Å². The molecule has 4 nitrogen and oxygen atoms in total. The van der Waals surface area contributed by atoms with Crippen LogP contribution in [0.25, 0.3) is 0 Å². The van der Waals surface area contributed by atoms with Crippen molar-refractivity contribution < 1.29 is 9.13 Å². The van der Waals surface area contributed by atoms with Crippen LogP contribution in [0.1, 0.15) is 23.5 Å². The first-order valence-corrected chi connectivity index (χ1v) is 9.32. The number of nitrogens with one attached hydrogen (secondary N) is 1. The maximum absolute atomic E-state index is 13.1. The van der Waals surface area contributed by atoms with Gasteiger partial charge < -0.3 is 15.0 Å². The number of benzene rings is 1. The van der Waals surface area contributed by atoms with Crippen LogP contribution in [-0.2, 0) is 11.2 Å². The predicted molar refractivity (Wildman–Crippen MR) is 118 cm³/mol. The van der Waals surface area contributed by atoms with Crippen molar-refractivity contribution >= 4 is 41.3 Å². The minimum atomic E-state index is -0.247. The Balaban J connectivity index is 0.00000338. The highest BCUT2D eigenvalue weighted by molar-refractivity contribution is 14.0. The quantitative estimate of drug-likeness (QED) is 0.339. The normalized spacial score (nSPS) is 12.4. The zero-order chi connectivity index (χ0) is 18.1. The minimum Gasteiger partial charge on any atom is -0.375 e. The lowest BCUT2D eigenvalue weighted by atomic mass is 10.1. The summed E-state index contributed by atoms with van der Waals surface area (Å²) in [5.74, 6) is 0.604. The largest absolute Gasteiger partial charge is 0.375 e. The number of hydrogen-bond donors (Lipinski definition) is 1. The van der Waals surface area contributed by atoms with Crippen molar-refractivity contribution in [2.24, 2.45) is 4.99 Å². The molecule has 2 aromatic rings.